The molecule has 6 heteroatoms. The van der Waals surface area contributed by atoms with Crippen molar-refractivity contribution in [3.63, 3.8) is 0 Å². The molecule has 1 fully saturated rings. The highest BCUT2D eigenvalue weighted by Gasteiger charge is 2.23. The van der Waals surface area contributed by atoms with Crippen LogP contribution in [0.1, 0.15) is 12.8 Å². The van der Waals surface area contributed by atoms with E-state index in [2.05, 4.69) is 17.0 Å². The van der Waals surface area contributed by atoms with Crippen LogP contribution in [0.4, 0.5) is 0 Å². The molecule has 1 heterocycles. The molecule has 0 aliphatic carbocycles. The van der Waals surface area contributed by atoms with Gasteiger partial charge in [-0.05, 0) is 37.4 Å². The van der Waals surface area contributed by atoms with E-state index in [9.17, 15) is 8.42 Å². The van der Waals surface area contributed by atoms with Crippen molar-refractivity contribution in [1.82, 2.24) is 4.90 Å². The molecule has 4 nitrogen and oxygen atoms in total. The van der Waals surface area contributed by atoms with Crippen LogP contribution >= 0.6 is 11.8 Å². The number of rotatable bonds is 6. The van der Waals surface area contributed by atoms with Crippen LogP contribution in [-0.2, 0) is 10.0 Å². The Morgan fingerprint density at radius 1 is 1.30 bits per heavy atom. The van der Waals surface area contributed by atoms with E-state index in [1.807, 2.05) is 30.0 Å². The number of sulfonamides is 1. The van der Waals surface area contributed by atoms with Crippen molar-refractivity contribution in [3.05, 3.63) is 30.3 Å². The minimum absolute atomic E-state index is 0.120. The van der Waals surface area contributed by atoms with Crippen LogP contribution in [-0.4, -0.2) is 44.5 Å². The van der Waals surface area contributed by atoms with Gasteiger partial charge in [-0.25, -0.2) is 13.6 Å². The summed E-state index contributed by atoms with van der Waals surface area (Å²) in [6.07, 6.45) is 2.04. The van der Waals surface area contributed by atoms with Crippen molar-refractivity contribution in [2.75, 3.05) is 31.1 Å². The molecule has 0 bridgehead atoms. The Balaban J connectivity index is 1.73. The zero-order valence-electron chi connectivity index (χ0n) is 11.6. The summed E-state index contributed by atoms with van der Waals surface area (Å²) in [5, 5.41) is 5.14. The zero-order valence-corrected chi connectivity index (χ0v) is 13.2. The van der Waals surface area contributed by atoms with Gasteiger partial charge < -0.3 is 4.90 Å². The molecule has 1 saturated heterocycles. The van der Waals surface area contributed by atoms with Gasteiger partial charge >= 0.3 is 0 Å². The van der Waals surface area contributed by atoms with E-state index < -0.39 is 10.0 Å². The Morgan fingerprint density at radius 2 is 2.05 bits per heavy atom. The molecule has 0 spiro atoms. The molecule has 1 aliphatic rings. The fourth-order valence-corrected chi connectivity index (χ4v) is 4.49. The van der Waals surface area contributed by atoms with Crippen molar-refractivity contribution in [2.45, 2.75) is 17.7 Å². The third-order valence-electron chi connectivity index (χ3n) is 3.49. The molecule has 112 valence electrons. The molecular weight excluding hydrogens is 292 g/mol. The average Bonchev–Trinajstić information content (AvgIpc) is 2.38. The first kappa shape index (κ1) is 15.8. The van der Waals surface area contributed by atoms with Crippen molar-refractivity contribution in [3.8, 4) is 0 Å². The number of thioether (sulfide) groups is 1. The van der Waals surface area contributed by atoms with E-state index in [0.717, 1.165) is 38.2 Å². The maximum atomic E-state index is 11.2. The molecule has 2 rings (SSSR count). The number of primary sulfonamides is 1. The first-order valence-corrected chi connectivity index (χ1v) is 9.64. The molecule has 2 N–H and O–H groups in total. The molecular formula is C14H22N2O2S2. The fourth-order valence-electron chi connectivity index (χ4n) is 2.63. The van der Waals surface area contributed by atoms with Gasteiger partial charge in [0.15, 0.2) is 0 Å². The van der Waals surface area contributed by atoms with Gasteiger partial charge in [-0.1, -0.05) is 18.2 Å². The average molecular weight is 314 g/mol. The maximum Gasteiger partial charge on any atom is 0.209 e. The minimum Gasteiger partial charge on any atom is -0.302 e. The largest absolute Gasteiger partial charge is 0.302 e. The van der Waals surface area contributed by atoms with Gasteiger partial charge in [0.05, 0.1) is 5.75 Å². The van der Waals surface area contributed by atoms with Crippen molar-refractivity contribution in [2.24, 2.45) is 11.1 Å². The summed E-state index contributed by atoms with van der Waals surface area (Å²) in [5.74, 6) is 1.35. The molecule has 1 aliphatic heterocycles. The van der Waals surface area contributed by atoms with E-state index in [-0.39, 0.29) is 11.7 Å². The van der Waals surface area contributed by atoms with Crippen LogP contribution in [0.5, 0.6) is 0 Å². The summed E-state index contributed by atoms with van der Waals surface area (Å²) in [6, 6.07) is 10.3. The Kier molecular flexibility index (Phi) is 5.89. The highest BCUT2D eigenvalue weighted by Crippen LogP contribution is 2.20. The lowest BCUT2D eigenvalue weighted by atomic mass is 10.0. The van der Waals surface area contributed by atoms with Crippen molar-refractivity contribution < 1.29 is 8.42 Å². The smallest absolute Gasteiger partial charge is 0.209 e. The van der Waals surface area contributed by atoms with Crippen LogP contribution < -0.4 is 5.14 Å². The summed E-state index contributed by atoms with van der Waals surface area (Å²) in [6.45, 7) is 2.92. The summed E-state index contributed by atoms with van der Waals surface area (Å²) in [7, 11) is -3.34. The maximum absolute atomic E-state index is 11.2. The van der Waals surface area contributed by atoms with E-state index in [4.69, 9.17) is 5.14 Å². The Labute approximate surface area is 125 Å². The Bertz CT molecular complexity index is 505. The van der Waals surface area contributed by atoms with Crippen LogP contribution in [0, 0.1) is 5.92 Å². The first-order valence-electron chi connectivity index (χ1n) is 6.93. The first-order chi connectivity index (χ1) is 9.53. The van der Waals surface area contributed by atoms with Gasteiger partial charge in [-0.2, -0.15) is 0 Å². The monoisotopic (exact) mass is 314 g/mol. The van der Waals surface area contributed by atoms with Gasteiger partial charge in [0.25, 0.3) is 0 Å². The normalized spacial score (nSPS) is 20.9. The molecule has 1 aromatic carbocycles. The second-order valence-corrected chi connectivity index (χ2v) is 8.13. The van der Waals surface area contributed by atoms with Gasteiger partial charge in [-0.15, -0.1) is 11.8 Å². The standard InChI is InChI=1S/C14H22N2O2S2/c15-20(17,18)12-13-5-4-8-16(11-13)9-10-19-14-6-2-1-3-7-14/h1-3,6-7,13H,4-5,8-12H2,(H2,15,17,18)/t13-/m0/s1. The number of nitrogens with zero attached hydrogens (tertiary/aromatic N) is 1. The molecule has 1 aromatic rings. The third kappa shape index (κ3) is 5.83. The molecule has 0 unspecified atom stereocenters. The summed E-state index contributed by atoms with van der Waals surface area (Å²) in [5.41, 5.74) is 0. The number of likely N-dealkylation sites (tertiary alicyclic amines) is 1. The topological polar surface area (TPSA) is 63.4 Å². The zero-order chi connectivity index (χ0) is 14.4. The number of benzene rings is 1. The van der Waals surface area contributed by atoms with Gasteiger partial charge in [0, 0.05) is 23.7 Å². The molecule has 0 saturated carbocycles. The number of hydrogen-bond acceptors (Lipinski definition) is 4. The van der Waals surface area contributed by atoms with E-state index in [1.54, 1.807) is 0 Å². The van der Waals surface area contributed by atoms with Crippen LogP contribution in [0.3, 0.4) is 0 Å². The van der Waals surface area contributed by atoms with Crippen molar-refractivity contribution >= 4 is 21.8 Å². The minimum atomic E-state index is -3.34. The number of hydrogen-bond donors (Lipinski definition) is 1. The molecule has 0 aromatic heterocycles. The second-order valence-electron chi connectivity index (χ2n) is 5.30. The molecule has 0 amide bonds. The van der Waals surface area contributed by atoms with Crippen LogP contribution in [0.25, 0.3) is 0 Å². The van der Waals surface area contributed by atoms with Gasteiger partial charge in [-0.3, -0.25) is 0 Å². The lowest BCUT2D eigenvalue weighted by Crippen LogP contribution is -2.40. The number of nitrogens with two attached hydrogens (primary N) is 1. The molecule has 0 radical (unpaired) electrons. The Morgan fingerprint density at radius 3 is 2.75 bits per heavy atom. The lowest BCUT2D eigenvalue weighted by molar-refractivity contribution is 0.195. The van der Waals surface area contributed by atoms with E-state index >= 15 is 0 Å². The highest BCUT2D eigenvalue weighted by atomic mass is 32.2. The fraction of sp³-hybridized carbons (Fsp3) is 0.571. The predicted molar refractivity (Wildman–Crippen MR) is 84.3 cm³/mol. The molecule has 1 atom stereocenters. The predicted octanol–water partition coefficient (Wildman–Crippen LogP) is 1.78. The molecule has 20 heavy (non-hydrogen) atoms. The van der Waals surface area contributed by atoms with Crippen LogP contribution in [0.15, 0.2) is 35.2 Å². The number of piperidine rings is 1. The van der Waals surface area contributed by atoms with Gasteiger partial charge in [0.1, 0.15) is 0 Å². The quantitative estimate of drug-likeness (QED) is 0.813. The van der Waals surface area contributed by atoms with Crippen molar-refractivity contribution in [1.29, 1.82) is 0 Å². The Hall–Kier alpha value is -0.560. The van der Waals surface area contributed by atoms with Gasteiger partial charge in [0.2, 0.25) is 10.0 Å². The lowest BCUT2D eigenvalue weighted by Gasteiger charge is -2.32. The summed E-state index contributed by atoms with van der Waals surface area (Å²) in [4.78, 5) is 3.64. The SMILES string of the molecule is NS(=O)(=O)C[C@H]1CCCN(CCSc2ccccc2)C1. The summed E-state index contributed by atoms with van der Waals surface area (Å²) >= 11 is 1.84. The second kappa shape index (κ2) is 7.45. The highest BCUT2D eigenvalue weighted by molar-refractivity contribution is 7.99. The van der Waals surface area contributed by atoms with E-state index in [1.165, 1.54) is 4.90 Å². The van der Waals surface area contributed by atoms with Crippen LogP contribution in [0.2, 0.25) is 0 Å². The van der Waals surface area contributed by atoms with E-state index in [0.29, 0.717) is 0 Å². The summed E-state index contributed by atoms with van der Waals surface area (Å²) < 4.78 is 22.3. The third-order valence-corrected chi connectivity index (χ3v) is 5.42.